The van der Waals surface area contributed by atoms with E-state index in [2.05, 4.69) is 36.4 Å². The summed E-state index contributed by atoms with van der Waals surface area (Å²) in [6.07, 6.45) is 0. The van der Waals surface area contributed by atoms with Crippen molar-refractivity contribution in [2.75, 3.05) is 5.84 Å². The van der Waals surface area contributed by atoms with Crippen LogP contribution in [0.2, 0.25) is 5.02 Å². The fourth-order valence-corrected chi connectivity index (χ4v) is 3.76. The topological polar surface area (TPSA) is 30.9 Å². The number of benzene rings is 2. The molecule has 0 aliphatic rings. The number of nitrogens with two attached hydrogens (primary N) is 1. The largest absolute Gasteiger partial charge is 0.339 e. The monoisotopic (exact) mass is 298 g/mol. The van der Waals surface area contributed by atoms with E-state index in [1.54, 1.807) is 16.0 Å². The minimum Gasteiger partial charge on any atom is -0.339 e. The van der Waals surface area contributed by atoms with Gasteiger partial charge in [-0.3, -0.25) is 4.68 Å². The van der Waals surface area contributed by atoms with Crippen molar-refractivity contribution in [3.8, 4) is 10.6 Å². The van der Waals surface area contributed by atoms with E-state index in [9.17, 15) is 0 Å². The second kappa shape index (κ2) is 4.27. The van der Waals surface area contributed by atoms with Crippen molar-refractivity contribution in [1.82, 2.24) is 4.68 Å². The van der Waals surface area contributed by atoms with Crippen LogP contribution in [-0.4, -0.2) is 4.68 Å². The fourth-order valence-electron chi connectivity index (χ4n) is 2.50. The van der Waals surface area contributed by atoms with E-state index < -0.39 is 0 Å². The molecule has 0 amide bonds. The zero-order valence-corrected chi connectivity index (χ0v) is 12.1. The summed E-state index contributed by atoms with van der Waals surface area (Å²) >= 11 is 7.79. The van der Waals surface area contributed by atoms with E-state index >= 15 is 0 Å². The lowest BCUT2D eigenvalue weighted by atomic mass is 10.2. The number of halogens is 1. The first-order chi connectivity index (χ1) is 9.72. The average molecular weight is 299 g/mol. The normalized spacial score (nSPS) is 11.4. The Morgan fingerprint density at radius 3 is 2.65 bits per heavy atom. The Bertz CT molecular complexity index is 903. The average Bonchev–Trinajstić information content (AvgIpc) is 3.00. The standard InChI is InChI=1S/C16H11ClN2S/c17-12-5-6-13-11(7-12)8-14(19(13)18)16-9-10-3-1-2-4-15(10)20-16/h1-9H,18H2. The molecular weight excluding hydrogens is 288 g/mol. The number of rotatable bonds is 1. The summed E-state index contributed by atoms with van der Waals surface area (Å²) in [7, 11) is 0. The minimum absolute atomic E-state index is 0.728. The molecule has 0 aliphatic carbocycles. The molecule has 0 spiro atoms. The molecule has 4 heteroatoms. The van der Waals surface area contributed by atoms with E-state index in [0.717, 1.165) is 21.6 Å². The lowest BCUT2D eigenvalue weighted by molar-refractivity contribution is 1.08. The molecule has 20 heavy (non-hydrogen) atoms. The first kappa shape index (κ1) is 11.8. The summed E-state index contributed by atoms with van der Waals surface area (Å²) in [5, 5.41) is 3.04. The molecule has 0 saturated heterocycles. The third-order valence-corrected chi connectivity index (χ3v) is 4.85. The highest BCUT2D eigenvalue weighted by molar-refractivity contribution is 7.22. The molecule has 2 N–H and O–H groups in total. The van der Waals surface area contributed by atoms with Gasteiger partial charge in [0.2, 0.25) is 0 Å². The third-order valence-electron chi connectivity index (χ3n) is 3.48. The highest BCUT2D eigenvalue weighted by Crippen LogP contribution is 2.35. The molecule has 4 aromatic rings. The van der Waals surface area contributed by atoms with Gasteiger partial charge in [-0.05, 0) is 41.8 Å². The van der Waals surface area contributed by atoms with Gasteiger partial charge in [-0.25, -0.2) is 0 Å². The van der Waals surface area contributed by atoms with Gasteiger partial charge in [0.25, 0.3) is 0 Å². The van der Waals surface area contributed by atoms with Crippen LogP contribution >= 0.6 is 22.9 Å². The predicted molar refractivity (Wildman–Crippen MR) is 87.9 cm³/mol. The highest BCUT2D eigenvalue weighted by atomic mass is 35.5. The minimum atomic E-state index is 0.728. The molecule has 2 aromatic carbocycles. The quantitative estimate of drug-likeness (QED) is 0.498. The zero-order valence-electron chi connectivity index (χ0n) is 10.5. The van der Waals surface area contributed by atoms with Gasteiger partial charge < -0.3 is 5.84 Å². The number of hydrogen-bond acceptors (Lipinski definition) is 2. The first-order valence-electron chi connectivity index (χ1n) is 6.27. The van der Waals surface area contributed by atoms with Crippen LogP contribution in [0.4, 0.5) is 0 Å². The second-order valence-corrected chi connectivity index (χ2v) is 6.27. The van der Waals surface area contributed by atoms with Gasteiger partial charge in [0.05, 0.1) is 16.1 Å². The van der Waals surface area contributed by atoms with Crippen molar-refractivity contribution in [1.29, 1.82) is 0 Å². The first-order valence-corrected chi connectivity index (χ1v) is 7.47. The molecule has 0 atom stereocenters. The van der Waals surface area contributed by atoms with Crippen molar-refractivity contribution >= 4 is 43.9 Å². The third kappa shape index (κ3) is 1.71. The molecule has 0 aliphatic heterocycles. The number of nitrogens with zero attached hydrogens (tertiary/aromatic N) is 1. The number of thiophene rings is 1. The van der Waals surface area contributed by atoms with Crippen LogP contribution in [0.15, 0.2) is 54.6 Å². The van der Waals surface area contributed by atoms with Crippen LogP contribution in [0, 0.1) is 0 Å². The summed E-state index contributed by atoms with van der Waals surface area (Å²) in [6, 6.07) is 18.4. The Balaban J connectivity index is 1.99. The SMILES string of the molecule is Nn1c(-c2cc3ccccc3s2)cc2cc(Cl)ccc21. The van der Waals surface area contributed by atoms with Crippen LogP contribution in [-0.2, 0) is 0 Å². The van der Waals surface area contributed by atoms with Crippen LogP contribution in [0.1, 0.15) is 0 Å². The molecule has 98 valence electrons. The summed E-state index contributed by atoms with van der Waals surface area (Å²) < 4.78 is 3.00. The molecule has 2 aromatic heterocycles. The predicted octanol–water partition coefficient (Wildman–Crippen LogP) is 4.89. The molecule has 4 rings (SSSR count). The van der Waals surface area contributed by atoms with Gasteiger partial charge in [0, 0.05) is 15.1 Å². The maximum atomic E-state index is 6.22. The van der Waals surface area contributed by atoms with E-state index in [0.29, 0.717) is 0 Å². The lowest BCUT2D eigenvalue weighted by Crippen LogP contribution is -2.08. The summed E-state index contributed by atoms with van der Waals surface area (Å²) in [4.78, 5) is 1.17. The number of nitrogen functional groups attached to an aromatic ring is 1. The Morgan fingerprint density at radius 1 is 0.950 bits per heavy atom. The molecule has 0 bridgehead atoms. The van der Waals surface area contributed by atoms with Gasteiger partial charge >= 0.3 is 0 Å². The van der Waals surface area contributed by atoms with Crippen molar-refractivity contribution in [2.24, 2.45) is 0 Å². The molecule has 0 fully saturated rings. The van der Waals surface area contributed by atoms with E-state index in [4.69, 9.17) is 17.4 Å². The molecule has 2 heterocycles. The van der Waals surface area contributed by atoms with E-state index in [1.165, 1.54) is 15.0 Å². The van der Waals surface area contributed by atoms with Crippen LogP contribution in [0.3, 0.4) is 0 Å². The number of fused-ring (bicyclic) bond motifs is 2. The van der Waals surface area contributed by atoms with Crippen molar-refractivity contribution in [3.63, 3.8) is 0 Å². The maximum absolute atomic E-state index is 6.22. The molecule has 0 unspecified atom stereocenters. The van der Waals surface area contributed by atoms with Crippen LogP contribution < -0.4 is 5.84 Å². The van der Waals surface area contributed by atoms with Crippen molar-refractivity contribution < 1.29 is 0 Å². The fraction of sp³-hybridized carbons (Fsp3) is 0. The Hall–Kier alpha value is -1.97. The Kier molecular flexibility index (Phi) is 2.52. The lowest BCUT2D eigenvalue weighted by Gasteiger charge is -2.01. The molecule has 2 nitrogen and oxygen atoms in total. The van der Waals surface area contributed by atoms with E-state index in [-0.39, 0.29) is 0 Å². The van der Waals surface area contributed by atoms with Gasteiger partial charge in [0.1, 0.15) is 0 Å². The van der Waals surface area contributed by atoms with Crippen molar-refractivity contribution in [2.45, 2.75) is 0 Å². The molecule has 0 radical (unpaired) electrons. The summed E-state index contributed by atoms with van der Waals surface area (Å²) in [5.74, 6) is 6.22. The van der Waals surface area contributed by atoms with Gasteiger partial charge in [-0.15, -0.1) is 11.3 Å². The second-order valence-electron chi connectivity index (χ2n) is 4.75. The Morgan fingerprint density at radius 2 is 1.80 bits per heavy atom. The number of aromatic nitrogens is 1. The maximum Gasteiger partial charge on any atom is 0.0803 e. The highest BCUT2D eigenvalue weighted by Gasteiger charge is 2.11. The van der Waals surface area contributed by atoms with Crippen LogP contribution in [0.5, 0.6) is 0 Å². The summed E-state index contributed by atoms with van der Waals surface area (Å²) in [6.45, 7) is 0. The smallest absolute Gasteiger partial charge is 0.0803 e. The van der Waals surface area contributed by atoms with Crippen molar-refractivity contribution in [3.05, 3.63) is 59.6 Å². The Labute approximate surface area is 125 Å². The van der Waals surface area contributed by atoms with E-state index in [1.807, 2.05) is 18.2 Å². The van der Waals surface area contributed by atoms with Gasteiger partial charge in [-0.2, -0.15) is 0 Å². The summed E-state index contributed by atoms with van der Waals surface area (Å²) in [5.41, 5.74) is 2.00. The van der Waals surface area contributed by atoms with Gasteiger partial charge in [-0.1, -0.05) is 29.8 Å². The van der Waals surface area contributed by atoms with Gasteiger partial charge in [0.15, 0.2) is 0 Å². The molecular formula is C16H11ClN2S. The molecule has 0 saturated carbocycles. The zero-order chi connectivity index (χ0) is 13.7. The van der Waals surface area contributed by atoms with Crippen LogP contribution in [0.25, 0.3) is 31.6 Å². The number of hydrogen-bond donors (Lipinski definition) is 1.